The van der Waals surface area contributed by atoms with E-state index < -0.39 is 5.54 Å². The van der Waals surface area contributed by atoms with E-state index in [0.717, 1.165) is 51.5 Å². The lowest BCUT2D eigenvalue weighted by Gasteiger charge is -2.40. The molecule has 98 valence electrons. The number of carbonyl (C=O) groups excluding carboxylic acids is 1. The number of piperidine rings is 1. The van der Waals surface area contributed by atoms with Gasteiger partial charge in [0.05, 0.1) is 5.54 Å². The number of nitrogens with two attached hydrogens (primary N) is 1. The summed E-state index contributed by atoms with van der Waals surface area (Å²) in [5.74, 6) is 0.244. The molecule has 1 amide bonds. The minimum Gasteiger partial charge on any atom is -0.338 e. The Morgan fingerprint density at radius 2 is 2.00 bits per heavy atom. The standard InChI is InChI=1S/C14H26N2O/c1-2-7-12-8-3-6-11-16(12)13(17)14(15)9-4-5-10-14/h12H,2-11,15H2,1H3. The zero-order valence-electron chi connectivity index (χ0n) is 11.1. The van der Waals surface area contributed by atoms with Crippen molar-refractivity contribution in [1.29, 1.82) is 0 Å². The molecular formula is C14H26N2O. The lowest BCUT2D eigenvalue weighted by Crippen LogP contribution is -2.57. The van der Waals surface area contributed by atoms with Crippen LogP contribution < -0.4 is 5.73 Å². The molecule has 1 heterocycles. The van der Waals surface area contributed by atoms with Crippen LogP contribution in [0.4, 0.5) is 0 Å². The number of rotatable bonds is 3. The summed E-state index contributed by atoms with van der Waals surface area (Å²) in [5, 5.41) is 0. The minimum atomic E-state index is -0.524. The molecule has 1 aliphatic heterocycles. The van der Waals surface area contributed by atoms with Crippen LogP contribution in [0.1, 0.15) is 64.7 Å². The van der Waals surface area contributed by atoms with Gasteiger partial charge in [-0.25, -0.2) is 0 Å². The van der Waals surface area contributed by atoms with Crippen molar-refractivity contribution in [2.75, 3.05) is 6.54 Å². The zero-order valence-corrected chi connectivity index (χ0v) is 11.1. The maximum atomic E-state index is 12.6. The average Bonchev–Trinajstić information content (AvgIpc) is 2.78. The second kappa shape index (κ2) is 5.38. The van der Waals surface area contributed by atoms with Gasteiger partial charge in [-0.3, -0.25) is 4.79 Å². The lowest BCUT2D eigenvalue weighted by molar-refractivity contribution is -0.140. The molecule has 0 aromatic heterocycles. The number of carbonyl (C=O) groups is 1. The average molecular weight is 238 g/mol. The van der Waals surface area contributed by atoms with Crippen LogP contribution in [0.25, 0.3) is 0 Å². The Hall–Kier alpha value is -0.570. The molecule has 0 bridgehead atoms. The quantitative estimate of drug-likeness (QED) is 0.821. The number of hydrogen-bond acceptors (Lipinski definition) is 2. The summed E-state index contributed by atoms with van der Waals surface area (Å²) in [6, 6.07) is 0.460. The van der Waals surface area contributed by atoms with E-state index in [1.165, 1.54) is 12.8 Å². The van der Waals surface area contributed by atoms with E-state index in [1.807, 2.05) is 0 Å². The van der Waals surface area contributed by atoms with Crippen molar-refractivity contribution in [3.05, 3.63) is 0 Å². The number of hydrogen-bond donors (Lipinski definition) is 1. The Kier molecular flexibility index (Phi) is 4.08. The molecule has 0 radical (unpaired) electrons. The van der Waals surface area contributed by atoms with Gasteiger partial charge in [0.1, 0.15) is 0 Å². The molecule has 3 nitrogen and oxygen atoms in total. The Morgan fingerprint density at radius 3 is 2.65 bits per heavy atom. The van der Waals surface area contributed by atoms with E-state index >= 15 is 0 Å². The summed E-state index contributed by atoms with van der Waals surface area (Å²) >= 11 is 0. The van der Waals surface area contributed by atoms with Crippen molar-refractivity contribution in [1.82, 2.24) is 4.90 Å². The highest BCUT2D eigenvalue weighted by molar-refractivity contribution is 5.86. The Bertz CT molecular complexity index is 269. The second-order valence-corrected chi connectivity index (χ2v) is 5.80. The molecule has 0 aromatic carbocycles. The van der Waals surface area contributed by atoms with Crippen molar-refractivity contribution in [3.63, 3.8) is 0 Å². The predicted octanol–water partition coefficient (Wildman–Crippen LogP) is 2.44. The SMILES string of the molecule is CCCC1CCCCN1C(=O)C1(N)CCCC1. The largest absolute Gasteiger partial charge is 0.338 e. The molecule has 2 N–H and O–H groups in total. The molecule has 1 aliphatic carbocycles. The fourth-order valence-corrected chi connectivity index (χ4v) is 3.41. The van der Waals surface area contributed by atoms with Gasteiger partial charge in [-0.1, -0.05) is 26.2 Å². The van der Waals surface area contributed by atoms with Gasteiger partial charge in [0.15, 0.2) is 0 Å². The van der Waals surface area contributed by atoms with Crippen LogP contribution >= 0.6 is 0 Å². The topological polar surface area (TPSA) is 46.3 Å². The smallest absolute Gasteiger partial charge is 0.242 e. The molecule has 1 saturated carbocycles. The van der Waals surface area contributed by atoms with Crippen LogP contribution in [-0.4, -0.2) is 28.9 Å². The van der Waals surface area contributed by atoms with Crippen molar-refractivity contribution >= 4 is 5.91 Å². The fraction of sp³-hybridized carbons (Fsp3) is 0.929. The molecule has 3 heteroatoms. The van der Waals surface area contributed by atoms with E-state index in [4.69, 9.17) is 5.73 Å². The Balaban J connectivity index is 2.05. The third-order valence-corrected chi connectivity index (χ3v) is 4.43. The second-order valence-electron chi connectivity index (χ2n) is 5.80. The first-order valence-corrected chi connectivity index (χ1v) is 7.27. The first-order chi connectivity index (χ1) is 8.17. The Labute approximate surface area is 105 Å². The van der Waals surface area contributed by atoms with Crippen LogP contribution in [0.15, 0.2) is 0 Å². The monoisotopic (exact) mass is 238 g/mol. The van der Waals surface area contributed by atoms with E-state index in [2.05, 4.69) is 11.8 Å². The highest BCUT2D eigenvalue weighted by atomic mass is 16.2. The van der Waals surface area contributed by atoms with Gasteiger partial charge in [-0.2, -0.15) is 0 Å². The van der Waals surface area contributed by atoms with Crippen molar-refractivity contribution in [2.24, 2.45) is 5.73 Å². The molecule has 2 aliphatic rings. The molecule has 1 saturated heterocycles. The highest BCUT2D eigenvalue weighted by Crippen LogP contribution is 2.32. The van der Waals surface area contributed by atoms with Crippen LogP contribution in [0.3, 0.4) is 0 Å². The summed E-state index contributed by atoms with van der Waals surface area (Å²) in [5.41, 5.74) is 5.78. The zero-order chi connectivity index (χ0) is 12.3. The fourth-order valence-electron chi connectivity index (χ4n) is 3.41. The molecular weight excluding hydrogens is 212 g/mol. The molecule has 0 spiro atoms. The maximum absolute atomic E-state index is 12.6. The van der Waals surface area contributed by atoms with E-state index in [9.17, 15) is 4.79 Å². The summed E-state index contributed by atoms with van der Waals surface area (Å²) in [4.78, 5) is 14.7. The van der Waals surface area contributed by atoms with Crippen molar-refractivity contribution < 1.29 is 4.79 Å². The van der Waals surface area contributed by atoms with Crippen molar-refractivity contribution in [3.8, 4) is 0 Å². The van der Waals surface area contributed by atoms with Crippen LogP contribution in [-0.2, 0) is 4.79 Å². The molecule has 17 heavy (non-hydrogen) atoms. The molecule has 0 aromatic rings. The lowest BCUT2D eigenvalue weighted by atomic mass is 9.92. The van der Waals surface area contributed by atoms with E-state index in [-0.39, 0.29) is 5.91 Å². The van der Waals surface area contributed by atoms with Crippen LogP contribution in [0, 0.1) is 0 Å². The van der Waals surface area contributed by atoms with Gasteiger partial charge in [-0.05, 0) is 38.5 Å². The van der Waals surface area contributed by atoms with E-state index in [0.29, 0.717) is 6.04 Å². The number of nitrogens with zero attached hydrogens (tertiary/aromatic N) is 1. The molecule has 2 rings (SSSR count). The molecule has 1 atom stereocenters. The van der Waals surface area contributed by atoms with Gasteiger partial charge in [0.25, 0.3) is 0 Å². The van der Waals surface area contributed by atoms with Crippen LogP contribution in [0.2, 0.25) is 0 Å². The molecule has 2 fully saturated rings. The third-order valence-electron chi connectivity index (χ3n) is 4.43. The summed E-state index contributed by atoms with van der Waals surface area (Å²) in [7, 11) is 0. The van der Waals surface area contributed by atoms with Crippen LogP contribution in [0.5, 0.6) is 0 Å². The highest BCUT2D eigenvalue weighted by Gasteiger charge is 2.42. The number of amides is 1. The van der Waals surface area contributed by atoms with Gasteiger partial charge >= 0.3 is 0 Å². The number of likely N-dealkylation sites (tertiary alicyclic amines) is 1. The maximum Gasteiger partial charge on any atom is 0.242 e. The summed E-state index contributed by atoms with van der Waals surface area (Å²) in [6.07, 6.45) is 9.92. The minimum absolute atomic E-state index is 0.244. The van der Waals surface area contributed by atoms with Gasteiger partial charge in [0.2, 0.25) is 5.91 Å². The van der Waals surface area contributed by atoms with Gasteiger partial charge < -0.3 is 10.6 Å². The Morgan fingerprint density at radius 1 is 1.29 bits per heavy atom. The predicted molar refractivity (Wildman–Crippen MR) is 69.6 cm³/mol. The molecule has 1 unspecified atom stereocenters. The normalized spacial score (nSPS) is 28.4. The summed E-state index contributed by atoms with van der Waals surface area (Å²) in [6.45, 7) is 3.13. The van der Waals surface area contributed by atoms with Crippen molar-refractivity contribution in [2.45, 2.75) is 76.3 Å². The first kappa shape index (κ1) is 12.9. The summed E-state index contributed by atoms with van der Waals surface area (Å²) < 4.78 is 0. The van der Waals surface area contributed by atoms with Gasteiger partial charge in [-0.15, -0.1) is 0 Å². The van der Waals surface area contributed by atoms with Gasteiger partial charge in [0, 0.05) is 12.6 Å². The first-order valence-electron chi connectivity index (χ1n) is 7.27. The van der Waals surface area contributed by atoms with E-state index in [1.54, 1.807) is 0 Å². The third kappa shape index (κ3) is 2.65.